The number of carboxylic acid groups (broad SMARTS) is 1. The third-order valence-electron chi connectivity index (χ3n) is 2.56. The summed E-state index contributed by atoms with van der Waals surface area (Å²) in [5.41, 5.74) is 0. The first-order chi connectivity index (χ1) is 7.66. The maximum absolute atomic E-state index is 10.3. The first-order valence-electron chi connectivity index (χ1n) is 6.08. The summed E-state index contributed by atoms with van der Waals surface area (Å²) in [5, 5.41) is 8.48. The van der Waals surface area contributed by atoms with Gasteiger partial charge in [-0.1, -0.05) is 41.6 Å². The fourth-order valence-electron chi connectivity index (χ4n) is 1.60. The molecule has 0 saturated carbocycles. The fourth-order valence-corrected chi connectivity index (χ4v) is 2.44. The molecular weight excluding hydrogens is 291 g/mol. The minimum atomic E-state index is -0.688. The van der Waals surface area contributed by atoms with E-state index < -0.39 is 5.97 Å². The molecule has 0 rings (SSSR count). The molecule has 0 aromatic carbocycles. The second kappa shape index (κ2) is 11.7. The third kappa shape index (κ3) is 12.3. The van der Waals surface area contributed by atoms with E-state index in [9.17, 15) is 4.79 Å². The van der Waals surface area contributed by atoms with Crippen LogP contribution >= 0.6 is 27.5 Å². The van der Waals surface area contributed by atoms with Crippen LogP contribution in [0.25, 0.3) is 0 Å². The van der Waals surface area contributed by atoms with Gasteiger partial charge in [0.2, 0.25) is 0 Å². The molecular formula is C12H22BrClO2. The Morgan fingerprint density at radius 2 is 1.62 bits per heavy atom. The predicted molar refractivity (Wildman–Crippen MR) is 72.6 cm³/mol. The normalized spacial score (nSPS) is 12.6. The number of carbonyl (C=O) groups is 1. The van der Waals surface area contributed by atoms with Gasteiger partial charge in [-0.05, 0) is 25.7 Å². The molecule has 0 aromatic heterocycles. The van der Waals surface area contributed by atoms with Crippen molar-refractivity contribution in [2.75, 3.05) is 5.88 Å². The summed E-state index contributed by atoms with van der Waals surface area (Å²) in [6.45, 7) is 0. The van der Waals surface area contributed by atoms with Crippen LogP contribution in [0.1, 0.15) is 57.8 Å². The van der Waals surface area contributed by atoms with Gasteiger partial charge in [-0.2, -0.15) is 0 Å². The van der Waals surface area contributed by atoms with Gasteiger partial charge in [0.05, 0.1) is 0 Å². The number of hydrogen-bond donors (Lipinski definition) is 1. The minimum Gasteiger partial charge on any atom is -0.481 e. The summed E-state index contributed by atoms with van der Waals surface area (Å²) >= 11 is 9.24. The maximum atomic E-state index is 10.3. The third-order valence-corrected chi connectivity index (χ3v) is 3.74. The smallest absolute Gasteiger partial charge is 0.303 e. The highest BCUT2D eigenvalue weighted by Gasteiger charge is 2.04. The molecule has 16 heavy (non-hydrogen) atoms. The van der Waals surface area contributed by atoms with Crippen LogP contribution < -0.4 is 0 Å². The van der Waals surface area contributed by atoms with Crippen LogP contribution in [0.3, 0.4) is 0 Å². The molecule has 1 unspecified atom stereocenters. The Bertz CT molecular complexity index is 176. The Hall–Kier alpha value is 0.240. The van der Waals surface area contributed by atoms with Gasteiger partial charge in [-0.3, -0.25) is 4.79 Å². The van der Waals surface area contributed by atoms with Crippen LogP contribution in [0.5, 0.6) is 0 Å². The van der Waals surface area contributed by atoms with Crippen molar-refractivity contribution in [1.29, 1.82) is 0 Å². The molecule has 0 amide bonds. The predicted octanol–water partition coefficient (Wildman–Crippen LogP) is 4.58. The highest BCUT2D eigenvalue weighted by atomic mass is 79.9. The van der Waals surface area contributed by atoms with Gasteiger partial charge in [-0.15, -0.1) is 11.6 Å². The lowest BCUT2D eigenvalue weighted by Crippen LogP contribution is -1.99. The fraction of sp³-hybridized carbons (Fsp3) is 0.917. The molecule has 0 heterocycles. The molecule has 4 heteroatoms. The quantitative estimate of drug-likeness (QED) is 0.447. The van der Waals surface area contributed by atoms with Crippen LogP contribution in [0.4, 0.5) is 0 Å². The molecule has 2 nitrogen and oxygen atoms in total. The Morgan fingerprint density at radius 1 is 1.06 bits per heavy atom. The molecule has 1 atom stereocenters. The lowest BCUT2D eigenvalue weighted by atomic mass is 10.1. The zero-order chi connectivity index (χ0) is 12.2. The van der Waals surface area contributed by atoms with E-state index in [0.29, 0.717) is 11.2 Å². The second-order valence-corrected chi connectivity index (χ2v) is 5.80. The summed E-state index contributed by atoms with van der Waals surface area (Å²) in [4.78, 5) is 10.8. The van der Waals surface area contributed by atoms with Crippen molar-refractivity contribution in [3.05, 3.63) is 0 Å². The van der Waals surface area contributed by atoms with Crippen LogP contribution in [0.2, 0.25) is 0 Å². The largest absolute Gasteiger partial charge is 0.481 e. The molecule has 0 aliphatic rings. The average molecular weight is 314 g/mol. The van der Waals surface area contributed by atoms with E-state index in [1.54, 1.807) is 0 Å². The van der Waals surface area contributed by atoms with Gasteiger partial charge in [0.15, 0.2) is 0 Å². The van der Waals surface area contributed by atoms with Gasteiger partial charge >= 0.3 is 5.97 Å². The summed E-state index contributed by atoms with van der Waals surface area (Å²) < 4.78 is 0. The van der Waals surface area contributed by atoms with Gasteiger partial charge in [0.1, 0.15) is 0 Å². The van der Waals surface area contributed by atoms with E-state index in [-0.39, 0.29) is 0 Å². The Morgan fingerprint density at radius 3 is 2.19 bits per heavy atom. The van der Waals surface area contributed by atoms with Gasteiger partial charge in [-0.25, -0.2) is 0 Å². The van der Waals surface area contributed by atoms with Gasteiger partial charge < -0.3 is 5.11 Å². The minimum absolute atomic E-state index is 0.301. The Labute approximate surface area is 112 Å². The molecule has 96 valence electrons. The molecule has 0 aromatic rings. The molecule has 0 bridgehead atoms. The second-order valence-electron chi connectivity index (χ2n) is 4.13. The zero-order valence-corrected chi connectivity index (χ0v) is 12.1. The number of aliphatic carboxylic acids is 1. The highest BCUT2D eigenvalue weighted by molar-refractivity contribution is 9.09. The summed E-state index contributed by atoms with van der Waals surface area (Å²) in [5.74, 6) is 0.0830. The Balaban J connectivity index is 3.18. The van der Waals surface area contributed by atoms with Crippen LogP contribution in [0, 0.1) is 0 Å². The topological polar surface area (TPSA) is 37.3 Å². The molecule has 0 spiro atoms. The molecule has 0 fully saturated rings. The van der Waals surface area contributed by atoms with E-state index in [1.165, 1.54) is 25.7 Å². The van der Waals surface area contributed by atoms with Crippen molar-refractivity contribution in [3.63, 3.8) is 0 Å². The number of halogens is 2. The lowest BCUT2D eigenvalue weighted by Gasteiger charge is -2.08. The lowest BCUT2D eigenvalue weighted by molar-refractivity contribution is -0.137. The number of unbranched alkanes of at least 4 members (excludes halogenated alkanes) is 4. The van der Waals surface area contributed by atoms with Gasteiger partial charge in [0, 0.05) is 17.1 Å². The molecule has 1 N–H and O–H groups in total. The number of carboxylic acids is 1. The first kappa shape index (κ1) is 16.2. The van der Waals surface area contributed by atoms with Gasteiger partial charge in [0.25, 0.3) is 0 Å². The van der Waals surface area contributed by atoms with Crippen molar-refractivity contribution < 1.29 is 9.90 Å². The number of hydrogen-bond acceptors (Lipinski definition) is 1. The number of rotatable bonds is 11. The van der Waals surface area contributed by atoms with Crippen LogP contribution in [0.15, 0.2) is 0 Å². The van der Waals surface area contributed by atoms with E-state index in [4.69, 9.17) is 16.7 Å². The summed E-state index contributed by atoms with van der Waals surface area (Å²) in [6.07, 6.45) is 9.21. The van der Waals surface area contributed by atoms with E-state index in [0.717, 1.165) is 31.6 Å². The van der Waals surface area contributed by atoms with E-state index in [1.807, 2.05) is 0 Å². The molecule has 0 aliphatic carbocycles. The summed E-state index contributed by atoms with van der Waals surface area (Å²) in [6, 6.07) is 0. The van der Waals surface area contributed by atoms with Crippen molar-refractivity contribution in [1.82, 2.24) is 0 Å². The first-order valence-corrected chi connectivity index (χ1v) is 7.53. The standard InChI is InChI=1S/C12H22BrClO2/c13-11(7-3-1-2-6-10-14)8-4-5-9-12(15)16/h11H,1-10H2,(H,15,16). The molecule has 0 saturated heterocycles. The van der Waals surface area contributed by atoms with Crippen LogP contribution in [-0.4, -0.2) is 21.8 Å². The van der Waals surface area contributed by atoms with Crippen molar-refractivity contribution >= 4 is 33.5 Å². The Kier molecular flexibility index (Phi) is 11.9. The molecule has 0 radical (unpaired) electrons. The maximum Gasteiger partial charge on any atom is 0.303 e. The number of alkyl halides is 2. The highest BCUT2D eigenvalue weighted by Crippen LogP contribution is 2.18. The van der Waals surface area contributed by atoms with Crippen LogP contribution in [-0.2, 0) is 4.79 Å². The van der Waals surface area contributed by atoms with E-state index in [2.05, 4.69) is 15.9 Å². The zero-order valence-electron chi connectivity index (χ0n) is 9.76. The molecule has 0 aliphatic heterocycles. The average Bonchev–Trinajstić information content (AvgIpc) is 2.24. The monoisotopic (exact) mass is 312 g/mol. The summed E-state index contributed by atoms with van der Waals surface area (Å²) in [7, 11) is 0. The van der Waals surface area contributed by atoms with Crippen molar-refractivity contribution in [2.45, 2.75) is 62.6 Å². The van der Waals surface area contributed by atoms with E-state index >= 15 is 0 Å². The van der Waals surface area contributed by atoms with Crippen molar-refractivity contribution in [2.24, 2.45) is 0 Å². The van der Waals surface area contributed by atoms with Crippen molar-refractivity contribution in [3.8, 4) is 0 Å². The SMILES string of the molecule is O=C(O)CCCCC(Br)CCCCCCCl.